The highest BCUT2D eigenvalue weighted by molar-refractivity contribution is 5.89. The Bertz CT molecular complexity index is 544. The van der Waals surface area contributed by atoms with Crippen LogP contribution in [0.2, 0.25) is 0 Å². The lowest BCUT2D eigenvalue weighted by Crippen LogP contribution is -2.44. The van der Waals surface area contributed by atoms with Crippen molar-refractivity contribution >= 4 is 12.1 Å². The van der Waals surface area contributed by atoms with Gasteiger partial charge < -0.3 is 24.3 Å². The number of alkyl carbamates (subject to hydrolysis) is 1. The molecule has 5 atom stereocenters. The predicted molar refractivity (Wildman–Crippen MR) is 74.5 cm³/mol. The molecule has 2 aliphatic heterocycles. The number of esters is 1. The molecule has 1 amide bonds. The number of rotatable bonds is 4. The van der Waals surface area contributed by atoms with Crippen molar-refractivity contribution in [1.82, 2.24) is 5.32 Å². The van der Waals surface area contributed by atoms with E-state index in [4.69, 9.17) is 18.9 Å². The Morgan fingerprint density at radius 3 is 3.05 bits per heavy atom. The minimum Gasteiger partial charge on any atom is -0.461 e. The summed E-state index contributed by atoms with van der Waals surface area (Å²) in [6, 6.07) is 0. The molecule has 3 rings (SSSR count). The number of carbonyl (C=O) groups is 2. The second-order valence-electron chi connectivity index (χ2n) is 5.78. The van der Waals surface area contributed by atoms with Crippen LogP contribution >= 0.6 is 0 Å². The van der Waals surface area contributed by atoms with Gasteiger partial charge in [-0.2, -0.15) is 0 Å². The molecule has 1 aliphatic carbocycles. The average Bonchev–Trinajstić information content (AvgIpc) is 3.06. The fraction of sp³-hybridized carbons (Fsp3) is 0.600. The van der Waals surface area contributed by atoms with Gasteiger partial charge in [0.25, 0.3) is 6.29 Å². The van der Waals surface area contributed by atoms with Crippen LogP contribution in [0.1, 0.15) is 13.3 Å². The average molecular weight is 309 g/mol. The molecule has 3 aliphatic rings. The number of nitrogens with one attached hydrogen (secondary N) is 1. The first-order valence-corrected chi connectivity index (χ1v) is 7.21. The Balaban J connectivity index is 1.80. The van der Waals surface area contributed by atoms with E-state index in [2.05, 4.69) is 11.9 Å². The molecule has 0 aromatic rings. The second kappa shape index (κ2) is 5.31. The van der Waals surface area contributed by atoms with Crippen LogP contribution < -0.4 is 5.32 Å². The molecule has 2 heterocycles. The Labute approximate surface area is 128 Å². The first-order chi connectivity index (χ1) is 10.5. The summed E-state index contributed by atoms with van der Waals surface area (Å²) >= 11 is 0. The van der Waals surface area contributed by atoms with Crippen molar-refractivity contribution in [3.05, 3.63) is 24.5 Å². The molecule has 1 saturated carbocycles. The van der Waals surface area contributed by atoms with Crippen LogP contribution in [0.25, 0.3) is 0 Å². The standard InChI is InChI=1S/C15H19NO6/c1-4-5-19-12(17)9-7-20-13(21-14(18)16-3)11-8(9)6-10-15(11,2)22-10/h4,7-8,10-11,13H,1,5-6H2,2-3H3,(H,16,18)/t8-,10+,11+,13+,15+/m1/s1. The number of amides is 1. The molecule has 0 radical (unpaired) electrons. The first-order valence-electron chi connectivity index (χ1n) is 7.21. The van der Waals surface area contributed by atoms with Gasteiger partial charge in [0, 0.05) is 13.0 Å². The van der Waals surface area contributed by atoms with Gasteiger partial charge in [-0.15, -0.1) is 0 Å². The molecule has 2 fully saturated rings. The van der Waals surface area contributed by atoms with Gasteiger partial charge in [-0.05, 0) is 13.3 Å². The van der Waals surface area contributed by atoms with Gasteiger partial charge in [0.1, 0.15) is 12.2 Å². The maximum atomic E-state index is 12.1. The largest absolute Gasteiger partial charge is 0.461 e. The van der Waals surface area contributed by atoms with Crippen molar-refractivity contribution in [3.63, 3.8) is 0 Å². The van der Waals surface area contributed by atoms with E-state index in [0.717, 1.165) is 0 Å². The molecule has 0 bridgehead atoms. The summed E-state index contributed by atoms with van der Waals surface area (Å²) in [7, 11) is 1.48. The van der Waals surface area contributed by atoms with Crippen LogP contribution in [-0.4, -0.2) is 43.7 Å². The van der Waals surface area contributed by atoms with Gasteiger partial charge in [0.05, 0.1) is 23.9 Å². The number of fused-ring (bicyclic) bond motifs is 3. The van der Waals surface area contributed by atoms with Gasteiger partial charge in [-0.3, -0.25) is 0 Å². The molecule has 120 valence electrons. The Hall–Kier alpha value is -2.02. The lowest BCUT2D eigenvalue weighted by atomic mass is 9.82. The molecule has 22 heavy (non-hydrogen) atoms. The highest BCUT2D eigenvalue weighted by Crippen LogP contribution is 2.60. The van der Waals surface area contributed by atoms with Crippen molar-refractivity contribution in [2.24, 2.45) is 11.8 Å². The van der Waals surface area contributed by atoms with Gasteiger partial charge >= 0.3 is 12.1 Å². The zero-order chi connectivity index (χ0) is 15.9. The van der Waals surface area contributed by atoms with E-state index in [0.29, 0.717) is 12.0 Å². The summed E-state index contributed by atoms with van der Waals surface area (Å²) < 4.78 is 21.5. The lowest BCUT2D eigenvalue weighted by Gasteiger charge is -2.35. The molecular formula is C15H19NO6. The topological polar surface area (TPSA) is 86.4 Å². The fourth-order valence-electron chi connectivity index (χ4n) is 3.40. The van der Waals surface area contributed by atoms with E-state index in [1.807, 2.05) is 6.92 Å². The van der Waals surface area contributed by atoms with E-state index >= 15 is 0 Å². The number of epoxide rings is 1. The van der Waals surface area contributed by atoms with E-state index in [1.165, 1.54) is 19.4 Å². The van der Waals surface area contributed by atoms with E-state index in [-0.39, 0.29) is 24.5 Å². The van der Waals surface area contributed by atoms with E-state index in [1.54, 1.807) is 0 Å². The number of carbonyl (C=O) groups excluding carboxylic acids is 2. The van der Waals surface area contributed by atoms with Crippen molar-refractivity contribution in [2.45, 2.75) is 31.3 Å². The quantitative estimate of drug-likeness (QED) is 0.475. The zero-order valence-corrected chi connectivity index (χ0v) is 12.5. The van der Waals surface area contributed by atoms with Gasteiger partial charge in [0.2, 0.25) is 0 Å². The highest BCUT2D eigenvalue weighted by atomic mass is 16.7. The smallest absolute Gasteiger partial charge is 0.409 e. The fourth-order valence-corrected chi connectivity index (χ4v) is 3.40. The molecular weight excluding hydrogens is 290 g/mol. The Morgan fingerprint density at radius 1 is 1.59 bits per heavy atom. The van der Waals surface area contributed by atoms with Crippen LogP contribution in [0.15, 0.2) is 24.5 Å². The SMILES string of the molecule is C=CCOC(=O)C1=CO[C@@H](OC(=O)NC)[C@@H]2[C@@H]1C[C@@H]1O[C@]21C. The van der Waals surface area contributed by atoms with Crippen molar-refractivity contribution in [3.8, 4) is 0 Å². The molecule has 0 aromatic carbocycles. The molecule has 0 spiro atoms. The highest BCUT2D eigenvalue weighted by Gasteiger charge is 2.71. The number of ether oxygens (including phenoxy) is 4. The maximum absolute atomic E-state index is 12.1. The van der Waals surface area contributed by atoms with E-state index in [9.17, 15) is 9.59 Å². The van der Waals surface area contributed by atoms with Crippen molar-refractivity contribution in [1.29, 1.82) is 0 Å². The summed E-state index contributed by atoms with van der Waals surface area (Å²) in [5, 5.41) is 2.39. The van der Waals surface area contributed by atoms with Gasteiger partial charge in [-0.1, -0.05) is 12.7 Å². The van der Waals surface area contributed by atoms with Crippen LogP contribution in [0.5, 0.6) is 0 Å². The Kier molecular flexibility index (Phi) is 3.60. The summed E-state index contributed by atoms with van der Waals surface area (Å²) in [5.74, 6) is -0.770. The summed E-state index contributed by atoms with van der Waals surface area (Å²) in [6.07, 6.45) is 2.23. The molecule has 1 N–H and O–H groups in total. The van der Waals surface area contributed by atoms with Crippen LogP contribution in [0.4, 0.5) is 4.79 Å². The van der Waals surface area contributed by atoms with E-state index < -0.39 is 24.0 Å². The molecule has 0 unspecified atom stereocenters. The van der Waals surface area contributed by atoms with Crippen molar-refractivity contribution in [2.75, 3.05) is 13.7 Å². The number of hydrogen-bond acceptors (Lipinski definition) is 6. The molecule has 7 heteroatoms. The summed E-state index contributed by atoms with van der Waals surface area (Å²) in [6.45, 7) is 5.61. The molecule has 1 saturated heterocycles. The Morgan fingerprint density at radius 2 is 2.36 bits per heavy atom. The van der Waals surface area contributed by atoms with Crippen LogP contribution in [0.3, 0.4) is 0 Å². The van der Waals surface area contributed by atoms with Gasteiger partial charge in [0.15, 0.2) is 0 Å². The minimum absolute atomic E-state index is 0.0515. The normalized spacial score (nSPS) is 37.8. The monoisotopic (exact) mass is 309 g/mol. The lowest BCUT2D eigenvalue weighted by molar-refractivity contribution is -0.151. The molecule has 7 nitrogen and oxygen atoms in total. The summed E-state index contributed by atoms with van der Waals surface area (Å²) in [5.41, 5.74) is 0.0299. The maximum Gasteiger partial charge on any atom is 0.409 e. The van der Waals surface area contributed by atoms with Crippen LogP contribution in [-0.2, 0) is 23.7 Å². The van der Waals surface area contributed by atoms with Crippen molar-refractivity contribution < 1.29 is 28.5 Å². The second-order valence-corrected chi connectivity index (χ2v) is 5.78. The minimum atomic E-state index is -0.779. The number of hydrogen-bond donors (Lipinski definition) is 1. The van der Waals surface area contributed by atoms with Gasteiger partial charge in [-0.25, -0.2) is 9.59 Å². The van der Waals surface area contributed by atoms with Crippen LogP contribution in [0, 0.1) is 11.8 Å². The third kappa shape index (κ3) is 2.25. The first kappa shape index (κ1) is 14.9. The predicted octanol–water partition coefficient (Wildman–Crippen LogP) is 1.11. The third-order valence-electron chi connectivity index (χ3n) is 4.56. The summed E-state index contributed by atoms with van der Waals surface area (Å²) in [4.78, 5) is 23.6. The molecule has 0 aromatic heterocycles. The third-order valence-corrected chi connectivity index (χ3v) is 4.56. The zero-order valence-electron chi connectivity index (χ0n) is 12.5.